The van der Waals surface area contributed by atoms with E-state index in [2.05, 4.69) is 9.82 Å². The van der Waals surface area contributed by atoms with Crippen LogP contribution in [-0.4, -0.2) is 49.5 Å². The number of hydrogen-bond acceptors (Lipinski definition) is 6. The van der Waals surface area contributed by atoms with Crippen molar-refractivity contribution in [3.05, 3.63) is 59.7 Å². The minimum atomic E-state index is -3.45. The Bertz CT molecular complexity index is 1130. The van der Waals surface area contributed by atoms with E-state index in [0.717, 1.165) is 11.8 Å². The molecule has 3 rings (SSSR count). The second-order valence-electron chi connectivity index (χ2n) is 7.10. The molecule has 1 amide bonds. The quantitative estimate of drug-likeness (QED) is 0.643. The zero-order chi connectivity index (χ0) is 22.6. The Morgan fingerprint density at radius 2 is 1.94 bits per heavy atom. The monoisotopic (exact) mass is 445 g/mol. The van der Waals surface area contributed by atoms with Gasteiger partial charge < -0.3 is 9.84 Å². The number of nitrogens with zero attached hydrogens (tertiary/aromatic N) is 2. The Morgan fingerprint density at radius 3 is 2.61 bits per heavy atom. The molecule has 31 heavy (non-hydrogen) atoms. The smallest absolute Gasteiger partial charge is 0.303 e. The summed E-state index contributed by atoms with van der Waals surface area (Å²) in [7, 11) is -1.91. The standard InChI is InChI=1S/C21H23N3O6S/c1-30-19-9-4-3-8-16(19)18-13-17(22-24(18)20(25)10-11-21(26)27)14-6-5-7-15(12-14)23-31(2,28)29/h3-9,12,18,23H,10-11,13H2,1-2H3,(H,26,27). The van der Waals surface area contributed by atoms with Crippen molar-refractivity contribution >= 4 is 33.3 Å². The Hall–Kier alpha value is -3.40. The maximum atomic E-state index is 12.8. The third-order valence-corrected chi connectivity index (χ3v) is 5.32. The van der Waals surface area contributed by atoms with Gasteiger partial charge in [-0.05, 0) is 23.8 Å². The van der Waals surface area contributed by atoms with E-state index in [9.17, 15) is 18.0 Å². The first-order valence-corrected chi connectivity index (χ1v) is 11.4. The van der Waals surface area contributed by atoms with Crippen LogP contribution in [0.5, 0.6) is 5.75 Å². The number of ether oxygens (including phenoxy) is 1. The highest BCUT2D eigenvalue weighted by Crippen LogP contribution is 2.38. The predicted molar refractivity (Wildman–Crippen MR) is 116 cm³/mol. The number of hydrazone groups is 1. The topological polar surface area (TPSA) is 125 Å². The first-order chi connectivity index (χ1) is 14.7. The van der Waals surface area contributed by atoms with Gasteiger partial charge >= 0.3 is 5.97 Å². The van der Waals surface area contributed by atoms with Crippen molar-refractivity contribution in [1.29, 1.82) is 0 Å². The van der Waals surface area contributed by atoms with Crippen LogP contribution in [0.25, 0.3) is 0 Å². The highest BCUT2D eigenvalue weighted by Gasteiger charge is 2.34. The third-order valence-electron chi connectivity index (χ3n) is 4.72. The maximum Gasteiger partial charge on any atom is 0.303 e. The lowest BCUT2D eigenvalue weighted by molar-refractivity contribution is -0.141. The minimum absolute atomic E-state index is 0.187. The van der Waals surface area contributed by atoms with Gasteiger partial charge in [-0.1, -0.05) is 30.3 Å². The number of methoxy groups -OCH3 is 1. The number of anilines is 1. The van der Waals surface area contributed by atoms with E-state index in [1.54, 1.807) is 30.3 Å². The molecular weight excluding hydrogens is 422 g/mol. The van der Waals surface area contributed by atoms with Gasteiger partial charge in [0, 0.05) is 24.1 Å². The number of carbonyl (C=O) groups excluding carboxylic acids is 1. The molecule has 1 heterocycles. The predicted octanol–water partition coefficient (Wildman–Crippen LogP) is 2.61. The molecule has 9 nitrogen and oxygen atoms in total. The Morgan fingerprint density at radius 1 is 1.19 bits per heavy atom. The fourth-order valence-electron chi connectivity index (χ4n) is 3.40. The van der Waals surface area contributed by atoms with Crippen LogP contribution in [0, 0.1) is 0 Å². The summed E-state index contributed by atoms with van der Waals surface area (Å²) in [6.45, 7) is 0. The largest absolute Gasteiger partial charge is 0.496 e. The molecule has 2 N–H and O–H groups in total. The second kappa shape index (κ2) is 9.17. The average molecular weight is 445 g/mol. The van der Waals surface area contributed by atoms with Crippen LogP contribution < -0.4 is 9.46 Å². The van der Waals surface area contributed by atoms with Crippen molar-refractivity contribution in [3.8, 4) is 5.75 Å². The summed E-state index contributed by atoms with van der Waals surface area (Å²) in [5.41, 5.74) is 2.36. The molecule has 0 bridgehead atoms. The van der Waals surface area contributed by atoms with Gasteiger partial charge in [-0.2, -0.15) is 5.10 Å². The number of sulfonamides is 1. The number of aliphatic carboxylic acids is 1. The van der Waals surface area contributed by atoms with E-state index in [1.807, 2.05) is 18.2 Å². The van der Waals surface area contributed by atoms with Gasteiger partial charge in [0.15, 0.2) is 0 Å². The molecule has 1 aliphatic heterocycles. The second-order valence-corrected chi connectivity index (χ2v) is 8.84. The summed E-state index contributed by atoms with van der Waals surface area (Å²) in [5.74, 6) is -0.892. The SMILES string of the molecule is COc1ccccc1C1CC(c2cccc(NS(C)(=O)=O)c2)=NN1C(=O)CCC(=O)O. The molecule has 10 heteroatoms. The molecular formula is C21H23N3O6S. The van der Waals surface area contributed by atoms with E-state index in [0.29, 0.717) is 29.1 Å². The van der Waals surface area contributed by atoms with E-state index in [1.165, 1.54) is 12.1 Å². The fraction of sp³-hybridized carbons (Fsp3) is 0.286. The third kappa shape index (κ3) is 5.60. The van der Waals surface area contributed by atoms with Gasteiger partial charge in [0.1, 0.15) is 5.75 Å². The summed E-state index contributed by atoms with van der Waals surface area (Å²) in [5, 5.41) is 14.7. The number of para-hydroxylation sites is 1. The molecule has 0 fully saturated rings. The van der Waals surface area contributed by atoms with E-state index in [-0.39, 0.29) is 12.8 Å². The number of nitrogens with one attached hydrogen (secondary N) is 1. The highest BCUT2D eigenvalue weighted by atomic mass is 32.2. The van der Waals surface area contributed by atoms with Crippen molar-refractivity contribution < 1.29 is 27.9 Å². The molecule has 0 spiro atoms. The summed E-state index contributed by atoms with van der Waals surface area (Å²) < 4.78 is 31.0. The lowest BCUT2D eigenvalue weighted by atomic mass is 9.97. The van der Waals surface area contributed by atoms with Crippen LogP contribution in [-0.2, 0) is 19.6 Å². The van der Waals surface area contributed by atoms with E-state index >= 15 is 0 Å². The number of carboxylic acids is 1. The van der Waals surface area contributed by atoms with Crippen LogP contribution in [0.15, 0.2) is 53.6 Å². The molecule has 1 aliphatic rings. The minimum Gasteiger partial charge on any atom is -0.496 e. The Kier molecular flexibility index (Phi) is 6.59. The highest BCUT2D eigenvalue weighted by molar-refractivity contribution is 7.92. The van der Waals surface area contributed by atoms with E-state index in [4.69, 9.17) is 9.84 Å². The summed E-state index contributed by atoms with van der Waals surface area (Å²) >= 11 is 0. The van der Waals surface area contributed by atoms with Crippen LogP contribution in [0.1, 0.15) is 36.4 Å². The molecule has 2 aromatic carbocycles. The average Bonchev–Trinajstić information content (AvgIpc) is 3.16. The van der Waals surface area contributed by atoms with Gasteiger partial charge in [-0.25, -0.2) is 13.4 Å². The van der Waals surface area contributed by atoms with Crippen LogP contribution in [0.4, 0.5) is 5.69 Å². The molecule has 0 radical (unpaired) electrons. The van der Waals surface area contributed by atoms with Crippen molar-refractivity contribution in [2.45, 2.75) is 25.3 Å². The van der Waals surface area contributed by atoms with Crippen LogP contribution in [0.3, 0.4) is 0 Å². The molecule has 2 aromatic rings. The summed E-state index contributed by atoms with van der Waals surface area (Å²) in [6.07, 6.45) is 0.939. The Balaban J connectivity index is 1.97. The zero-order valence-electron chi connectivity index (χ0n) is 17.1. The summed E-state index contributed by atoms with van der Waals surface area (Å²) in [6, 6.07) is 13.5. The molecule has 0 aliphatic carbocycles. The molecule has 1 atom stereocenters. The van der Waals surface area contributed by atoms with Crippen molar-refractivity contribution in [2.24, 2.45) is 5.10 Å². The number of carboxylic acid groups (broad SMARTS) is 1. The van der Waals surface area contributed by atoms with Gasteiger partial charge in [0.25, 0.3) is 0 Å². The van der Waals surface area contributed by atoms with Gasteiger partial charge in [-0.3, -0.25) is 14.3 Å². The van der Waals surface area contributed by atoms with Crippen LogP contribution in [0.2, 0.25) is 0 Å². The molecule has 164 valence electrons. The van der Waals surface area contributed by atoms with Gasteiger partial charge in [0.2, 0.25) is 15.9 Å². The van der Waals surface area contributed by atoms with Crippen molar-refractivity contribution in [2.75, 3.05) is 18.1 Å². The molecule has 1 unspecified atom stereocenters. The first kappa shape index (κ1) is 22.3. The number of hydrogen-bond donors (Lipinski definition) is 2. The van der Waals surface area contributed by atoms with Crippen molar-refractivity contribution in [3.63, 3.8) is 0 Å². The molecule has 0 saturated heterocycles. The number of amides is 1. The van der Waals surface area contributed by atoms with E-state index < -0.39 is 27.9 Å². The maximum absolute atomic E-state index is 12.8. The molecule has 0 aromatic heterocycles. The lowest BCUT2D eigenvalue weighted by Crippen LogP contribution is -2.27. The number of carbonyl (C=O) groups is 2. The normalized spacial score (nSPS) is 16.0. The zero-order valence-corrected chi connectivity index (χ0v) is 17.9. The fourth-order valence-corrected chi connectivity index (χ4v) is 3.96. The Labute approximate surface area is 180 Å². The number of rotatable bonds is 8. The molecule has 0 saturated carbocycles. The first-order valence-electron chi connectivity index (χ1n) is 9.50. The van der Waals surface area contributed by atoms with Crippen molar-refractivity contribution in [1.82, 2.24) is 5.01 Å². The lowest BCUT2D eigenvalue weighted by Gasteiger charge is -2.23. The van der Waals surface area contributed by atoms with Gasteiger partial charge in [0.05, 0.1) is 31.5 Å². The van der Waals surface area contributed by atoms with Gasteiger partial charge in [-0.15, -0.1) is 0 Å². The number of benzene rings is 2. The van der Waals surface area contributed by atoms with Crippen LogP contribution >= 0.6 is 0 Å². The summed E-state index contributed by atoms with van der Waals surface area (Å²) in [4.78, 5) is 23.7.